The molecule has 4 nitrogen and oxygen atoms in total. The van der Waals surface area contributed by atoms with Gasteiger partial charge in [0, 0.05) is 19.6 Å². The molecule has 0 unspecified atom stereocenters. The fourth-order valence-electron chi connectivity index (χ4n) is 1.60. The summed E-state index contributed by atoms with van der Waals surface area (Å²) in [5.41, 5.74) is 1.13. The largest absolute Gasteiger partial charge is 0.497 e. The summed E-state index contributed by atoms with van der Waals surface area (Å²) < 4.78 is 5.07. The number of carbonyl (C=O) groups is 1. The number of ether oxygens (including phenoxy) is 1. The van der Waals surface area contributed by atoms with Gasteiger partial charge in [0.25, 0.3) is 0 Å². The Kier molecular flexibility index (Phi) is 6.87. The molecule has 1 amide bonds. The molecule has 1 aromatic rings. The highest BCUT2D eigenvalue weighted by Crippen LogP contribution is 2.12. The molecule has 100 valence electrons. The minimum Gasteiger partial charge on any atom is -0.497 e. The van der Waals surface area contributed by atoms with Gasteiger partial charge in [0.05, 0.1) is 7.11 Å². The van der Waals surface area contributed by atoms with Crippen LogP contribution in [0.3, 0.4) is 0 Å². The van der Waals surface area contributed by atoms with Gasteiger partial charge in [-0.25, -0.2) is 0 Å². The molecule has 0 aliphatic rings. The third kappa shape index (κ3) is 5.68. The van der Waals surface area contributed by atoms with Gasteiger partial charge in [0.1, 0.15) is 5.75 Å². The van der Waals surface area contributed by atoms with E-state index in [4.69, 9.17) is 9.84 Å². The first kappa shape index (κ1) is 14.5. The van der Waals surface area contributed by atoms with Gasteiger partial charge < -0.3 is 15.2 Å². The lowest BCUT2D eigenvalue weighted by atomic mass is 10.1. The van der Waals surface area contributed by atoms with E-state index < -0.39 is 0 Å². The number of benzene rings is 1. The highest BCUT2D eigenvalue weighted by atomic mass is 16.5. The second kappa shape index (κ2) is 8.53. The number of unbranched alkanes of at least 4 members (excludes halogenated alkanes) is 1. The first-order valence-corrected chi connectivity index (χ1v) is 6.26. The molecule has 0 aliphatic carbocycles. The van der Waals surface area contributed by atoms with Crippen molar-refractivity contribution in [1.82, 2.24) is 5.32 Å². The Labute approximate surface area is 108 Å². The quantitative estimate of drug-likeness (QED) is 0.689. The second-order valence-electron chi connectivity index (χ2n) is 4.13. The van der Waals surface area contributed by atoms with Crippen molar-refractivity contribution in [3.63, 3.8) is 0 Å². The van der Waals surface area contributed by atoms with Crippen molar-refractivity contribution < 1.29 is 14.6 Å². The van der Waals surface area contributed by atoms with Gasteiger partial charge >= 0.3 is 0 Å². The van der Waals surface area contributed by atoms with E-state index in [0.29, 0.717) is 13.0 Å². The lowest BCUT2D eigenvalue weighted by Crippen LogP contribution is -2.24. The maximum atomic E-state index is 11.5. The number of amides is 1. The Morgan fingerprint density at radius 1 is 1.28 bits per heavy atom. The maximum Gasteiger partial charge on any atom is 0.220 e. The molecule has 4 heteroatoms. The van der Waals surface area contributed by atoms with Gasteiger partial charge in [0.15, 0.2) is 0 Å². The first-order chi connectivity index (χ1) is 8.76. The number of nitrogens with one attached hydrogen (secondary N) is 1. The summed E-state index contributed by atoms with van der Waals surface area (Å²) in [6, 6.07) is 7.73. The van der Waals surface area contributed by atoms with Gasteiger partial charge in [-0.05, 0) is 37.0 Å². The third-order valence-electron chi connectivity index (χ3n) is 2.71. The number of rotatable bonds is 8. The normalized spacial score (nSPS) is 10.1. The number of hydrogen-bond acceptors (Lipinski definition) is 3. The summed E-state index contributed by atoms with van der Waals surface area (Å²) in [5, 5.41) is 11.4. The Morgan fingerprint density at radius 3 is 2.61 bits per heavy atom. The molecule has 0 aromatic heterocycles. The molecule has 1 rings (SSSR count). The van der Waals surface area contributed by atoms with Crippen molar-refractivity contribution in [2.45, 2.75) is 25.7 Å². The number of carbonyl (C=O) groups excluding carboxylic acids is 1. The molecule has 0 fully saturated rings. The lowest BCUT2D eigenvalue weighted by molar-refractivity contribution is -0.121. The van der Waals surface area contributed by atoms with E-state index in [2.05, 4.69) is 5.32 Å². The van der Waals surface area contributed by atoms with Gasteiger partial charge in [-0.2, -0.15) is 0 Å². The third-order valence-corrected chi connectivity index (χ3v) is 2.71. The van der Waals surface area contributed by atoms with E-state index in [-0.39, 0.29) is 12.5 Å². The van der Waals surface area contributed by atoms with Crippen molar-refractivity contribution in [3.8, 4) is 5.75 Å². The molecule has 0 saturated heterocycles. The number of aliphatic hydroxyl groups is 1. The van der Waals surface area contributed by atoms with Crippen LogP contribution in [0.1, 0.15) is 24.8 Å². The Hall–Kier alpha value is -1.55. The van der Waals surface area contributed by atoms with Crippen molar-refractivity contribution in [2.24, 2.45) is 0 Å². The minimum atomic E-state index is 0.0590. The van der Waals surface area contributed by atoms with E-state index in [1.54, 1.807) is 7.11 Å². The van der Waals surface area contributed by atoms with Gasteiger partial charge in [0.2, 0.25) is 5.91 Å². The Balaban J connectivity index is 2.20. The standard InChI is InChI=1S/C14H21NO3/c1-18-13-7-4-12(5-8-13)6-9-14(17)15-10-2-3-11-16/h4-5,7-8,16H,2-3,6,9-11H2,1H3,(H,15,17). The zero-order chi connectivity index (χ0) is 13.2. The van der Waals surface area contributed by atoms with Crippen molar-refractivity contribution in [1.29, 1.82) is 0 Å². The molecular weight excluding hydrogens is 230 g/mol. The molecule has 0 atom stereocenters. The van der Waals surface area contributed by atoms with Crippen LogP contribution in [0.5, 0.6) is 5.75 Å². The summed E-state index contributed by atoms with van der Waals surface area (Å²) in [7, 11) is 1.63. The van der Waals surface area contributed by atoms with E-state index in [9.17, 15) is 4.79 Å². The predicted octanol–water partition coefficient (Wildman–Crippen LogP) is 1.52. The van der Waals surface area contributed by atoms with Crippen LogP contribution in [0.25, 0.3) is 0 Å². The first-order valence-electron chi connectivity index (χ1n) is 6.26. The molecule has 18 heavy (non-hydrogen) atoms. The second-order valence-corrected chi connectivity index (χ2v) is 4.13. The van der Waals surface area contributed by atoms with E-state index >= 15 is 0 Å². The lowest BCUT2D eigenvalue weighted by Gasteiger charge is -2.05. The number of methoxy groups -OCH3 is 1. The minimum absolute atomic E-state index is 0.0590. The van der Waals surface area contributed by atoms with Crippen LogP contribution in [-0.2, 0) is 11.2 Å². The van der Waals surface area contributed by atoms with Gasteiger partial charge in [-0.15, -0.1) is 0 Å². The van der Waals surface area contributed by atoms with Crippen LogP contribution in [0.15, 0.2) is 24.3 Å². The Bertz CT molecular complexity index is 349. The molecule has 0 bridgehead atoms. The monoisotopic (exact) mass is 251 g/mol. The Morgan fingerprint density at radius 2 is 2.00 bits per heavy atom. The summed E-state index contributed by atoms with van der Waals surface area (Å²) in [6.45, 7) is 0.823. The van der Waals surface area contributed by atoms with Crippen molar-refractivity contribution in [3.05, 3.63) is 29.8 Å². The van der Waals surface area contributed by atoms with Crippen LogP contribution < -0.4 is 10.1 Å². The van der Waals surface area contributed by atoms with Crippen LogP contribution in [0, 0.1) is 0 Å². The molecule has 0 spiro atoms. The maximum absolute atomic E-state index is 11.5. The molecule has 0 heterocycles. The molecule has 1 aromatic carbocycles. The fraction of sp³-hybridized carbons (Fsp3) is 0.500. The van der Waals surface area contributed by atoms with Crippen molar-refractivity contribution >= 4 is 5.91 Å². The van der Waals surface area contributed by atoms with Crippen molar-refractivity contribution in [2.75, 3.05) is 20.3 Å². The van der Waals surface area contributed by atoms with Crippen LogP contribution in [0.4, 0.5) is 0 Å². The summed E-state index contributed by atoms with van der Waals surface area (Å²) in [6.07, 6.45) is 2.78. The summed E-state index contributed by atoms with van der Waals surface area (Å²) >= 11 is 0. The van der Waals surface area contributed by atoms with Crippen LogP contribution >= 0.6 is 0 Å². The molecule has 2 N–H and O–H groups in total. The summed E-state index contributed by atoms with van der Waals surface area (Å²) in [4.78, 5) is 11.5. The highest BCUT2D eigenvalue weighted by molar-refractivity contribution is 5.76. The fourth-order valence-corrected chi connectivity index (χ4v) is 1.60. The SMILES string of the molecule is COc1ccc(CCC(=O)NCCCCO)cc1. The molecule has 0 radical (unpaired) electrons. The van der Waals surface area contributed by atoms with E-state index in [1.807, 2.05) is 24.3 Å². The zero-order valence-corrected chi connectivity index (χ0v) is 10.8. The number of aliphatic hydroxyl groups excluding tert-OH is 1. The topological polar surface area (TPSA) is 58.6 Å². The van der Waals surface area contributed by atoms with Gasteiger partial charge in [-0.1, -0.05) is 12.1 Å². The number of hydrogen-bond donors (Lipinski definition) is 2. The number of aryl methyl sites for hydroxylation is 1. The average Bonchev–Trinajstić information content (AvgIpc) is 2.42. The molecular formula is C14H21NO3. The van der Waals surface area contributed by atoms with E-state index in [0.717, 1.165) is 30.6 Å². The zero-order valence-electron chi connectivity index (χ0n) is 10.8. The highest BCUT2D eigenvalue weighted by Gasteiger charge is 2.01. The molecule has 0 aliphatic heterocycles. The van der Waals surface area contributed by atoms with Crippen LogP contribution in [0.2, 0.25) is 0 Å². The van der Waals surface area contributed by atoms with E-state index in [1.165, 1.54) is 0 Å². The molecule has 0 saturated carbocycles. The smallest absolute Gasteiger partial charge is 0.220 e. The predicted molar refractivity (Wildman–Crippen MR) is 70.6 cm³/mol. The summed E-state index contributed by atoms with van der Waals surface area (Å²) in [5.74, 6) is 0.885. The van der Waals surface area contributed by atoms with Crippen LogP contribution in [-0.4, -0.2) is 31.3 Å². The average molecular weight is 251 g/mol. The van der Waals surface area contributed by atoms with Gasteiger partial charge in [-0.3, -0.25) is 4.79 Å².